The molecular formula is C33H24N5OP. The summed E-state index contributed by atoms with van der Waals surface area (Å²) >= 11 is 0. The predicted octanol–water partition coefficient (Wildman–Crippen LogP) is 8.01. The molecule has 0 aliphatic carbocycles. The second-order valence-electron chi connectivity index (χ2n) is 9.34. The number of benzene rings is 5. The maximum Gasteiger partial charge on any atom is 0.338 e. The van der Waals surface area contributed by atoms with Crippen molar-refractivity contribution in [3.63, 3.8) is 0 Å². The maximum atomic E-state index is 16.0. The van der Waals surface area contributed by atoms with E-state index in [0.717, 1.165) is 33.9 Å². The quantitative estimate of drug-likeness (QED) is 0.208. The van der Waals surface area contributed by atoms with E-state index in [0.29, 0.717) is 11.6 Å². The van der Waals surface area contributed by atoms with Crippen LogP contribution in [0, 0.1) is 0 Å². The highest BCUT2D eigenvalue weighted by atomic mass is 31.2. The first-order chi connectivity index (χ1) is 19.7. The Morgan fingerprint density at radius 2 is 0.775 bits per heavy atom. The van der Waals surface area contributed by atoms with Crippen molar-refractivity contribution in [1.82, 2.24) is 15.0 Å². The summed E-state index contributed by atoms with van der Waals surface area (Å²) in [5.74, 6) is 0.938. The number of fused-ring (bicyclic) bond motifs is 1. The molecule has 0 bridgehead atoms. The van der Waals surface area contributed by atoms with E-state index in [-0.39, 0.29) is 5.57 Å². The van der Waals surface area contributed by atoms with Gasteiger partial charge in [-0.15, -0.1) is 0 Å². The van der Waals surface area contributed by atoms with Crippen LogP contribution in [-0.2, 0) is 4.57 Å². The Hall–Kier alpha value is -5.06. The Labute approximate surface area is 232 Å². The molecule has 0 saturated heterocycles. The zero-order chi connectivity index (χ0) is 26.9. The minimum atomic E-state index is -3.76. The van der Waals surface area contributed by atoms with E-state index in [9.17, 15) is 0 Å². The van der Waals surface area contributed by atoms with Gasteiger partial charge in [0.1, 0.15) is 0 Å². The van der Waals surface area contributed by atoms with Crippen LogP contribution in [0.2, 0.25) is 0 Å². The van der Waals surface area contributed by atoms with E-state index in [1.807, 2.05) is 155 Å². The van der Waals surface area contributed by atoms with Crippen molar-refractivity contribution in [3.8, 4) is 22.8 Å². The summed E-state index contributed by atoms with van der Waals surface area (Å²) in [6.07, 6.45) is 0. The van der Waals surface area contributed by atoms with E-state index in [2.05, 4.69) is 0 Å². The van der Waals surface area contributed by atoms with Gasteiger partial charge in [0.15, 0.2) is 11.6 Å². The van der Waals surface area contributed by atoms with E-state index in [1.54, 1.807) is 0 Å². The molecule has 0 spiro atoms. The molecule has 1 aromatic heterocycles. The van der Waals surface area contributed by atoms with Gasteiger partial charge in [-0.05, 0) is 36.4 Å². The molecule has 7 rings (SSSR count). The van der Waals surface area contributed by atoms with Crippen LogP contribution in [0.5, 0.6) is 0 Å². The zero-order valence-corrected chi connectivity index (χ0v) is 22.3. The lowest BCUT2D eigenvalue weighted by molar-refractivity contribution is 0.581. The maximum absolute atomic E-state index is 16.0. The highest BCUT2D eigenvalue weighted by Gasteiger charge is 2.51. The monoisotopic (exact) mass is 537 g/mol. The minimum Gasteiger partial charge on any atom is -0.267 e. The number of rotatable bonds is 5. The van der Waals surface area contributed by atoms with E-state index < -0.39 is 7.44 Å². The third kappa shape index (κ3) is 3.98. The van der Waals surface area contributed by atoms with Crippen LogP contribution in [-0.4, -0.2) is 15.0 Å². The van der Waals surface area contributed by atoms with Gasteiger partial charge in [0, 0.05) is 22.5 Å². The average Bonchev–Trinajstić information content (AvgIpc) is 3.31. The fourth-order valence-corrected chi connectivity index (χ4v) is 7.84. The van der Waals surface area contributed by atoms with Crippen LogP contribution in [0.1, 0.15) is 0 Å². The SMILES string of the molecule is O=P1(c2nc(-c3ccccc3)nc(-c3ccccc3)n2)N(c2ccccc2)c2ccccc2N1c1ccccc1. The summed E-state index contributed by atoms with van der Waals surface area (Å²) in [7, 11) is -3.76. The summed E-state index contributed by atoms with van der Waals surface area (Å²) in [5.41, 5.74) is 5.09. The zero-order valence-electron chi connectivity index (χ0n) is 21.4. The first-order valence-corrected chi connectivity index (χ1v) is 14.6. The molecule has 0 amide bonds. The standard InChI is InChI=1S/C33H24N5OP/c39-40(33-35-31(25-15-5-1-6-16-25)34-32(36-33)26-17-7-2-8-18-26)37(27-19-9-3-10-20-27)29-23-13-14-24-30(29)38(40)28-21-11-4-12-22-28/h1-24H. The molecule has 1 aliphatic rings. The molecule has 1 aliphatic heterocycles. The number of para-hydroxylation sites is 4. The third-order valence-corrected chi connectivity index (χ3v) is 9.53. The van der Waals surface area contributed by atoms with Crippen LogP contribution in [0.25, 0.3) is 22.8 Å². The van der Waals surface area contributed by atoms with Crippen LogP contribution in [0.3, 0.4) is 0 Å². The largest absolute Gasteiger partial charge is 0.338 e. The van der Waals surface area contributed by atoms with Crippen LogP contribution in [0.15, 0.2) is 146 Å². The molecule has 2 heterocycles. The number of aromatic nitrogens is 3. The topological polar surface area (TPSA) is 62.2 Å². The van der Waals surface area contributed by atoms with Crippen molar-refractivity contribution in [2.24, 2.45) is 0 Å². The summed E-state index contributed by atoms with van der Waals surface area (Å²) in [6.45, 7) is 0. The van der Waals surface area contributed by atoms with Crippen molar-refractivity contribution in [2.45, 2.75) is 0 Å². The first-order valence-electron chi connectivity index (χ1n) is 13.0. The molecule has 0 fully saturated rings. The second kappa shape index (κ2) is 9.92. The van der Waals surface area contributed by atoms with Gasteiger partial charge in [-0.2, -0.15) is 0 Å². The number of anilines is 4. The Bertz CT molecular complexity index is 1710. The second-order valence-corrected chi connectivity index (χ2v) is 11.6. The Morgan fingerprint density at radius 3 is 1.18 bits per heavy atom. The summed E-state index contributed by atoms with van der Waals surface area (Å²) in [6, 6.07) is 47.0. The molecule has 6 aromatic rings. The van der Waals surface area contributed by atoms with Gasteiger partial charge in [-0.25, -0.2) is 15.0 Å². The smallest absolute Gasteiger partial charge is 0.267 e. The van der Waals surface area contributed by atoms with Gasteiger partial charge in [0.05, 0.1) is 11.4 Å². The lowest BCUT2D eigenvalue weighted by Gasteiger charge is -2.31. The molecule has 0 unspecified atom stereocenters. The summed E-state index contributed by atoms with van der Waals surface area (Å²) < 4.78 is 19.8. The normalized spacial score (nSPS) is 13.7. The van der Waals surface area contributed by atoms with Gasteiger partial charge in [-0.1, -0.05) is 109 Å². The third-order valence-electron chi connectivity index (χ3n) is 6.83. The highest BCUT2D eigenvalue weighted by molar-refractivity contribution is 7.75. The van der Waals surface area contributed by atoms with Gasteiger partial charge < -0.3 is 0 Å². The van der Waals surface area contributed by atoms with Crippen molar-refractivity contribution in [2.75, 3.05) is 9.34 Å². The van der Waals surface area contributed by atoms with E-state index in [1.165, 1.54) is 0 Å². The van der Waals surface area contributed by atoms with Crippen molar-refractivity contribution < 1.29 is 4.57 Å². The van der Waals surface area contributed by atoms with Gasteiger partial charge in [0.25, 0.3) is 0 Å². The van der Waals surface area contributed by atoms with Gasteiger partial charge in [-0.3, -0.25) is 13.9 Å². The fourth-order valence-electron chi connectivity index (χ4n) is 5.04. The van der Waals surface area contributed by atoms with Crippen molar-refractivity contribution >= 4 is 35.8 Å². The van der Waals surface area contributed by atoms with Gasteiger partial charge in [0.2, 0.25) is 5.57 Å². The number of hydrogen-bond donors (Lipinski definition) is 0. The van der Waals surface area contributed by atoms with Crippen molar-refractivity contribution in [1.29, 1.82) is 0 Å². The molecule has 0 saturated carbocycles. The summed E-state index contributed by atoms with van der Waals surface area (Å²) in [4.78, 5) is 14.7. The molecule has 192 valence electrons. The van der Waals surface area contributed by atoms with Crippen LogP contribution < -0.4 is 14.9 Å². The first kappa shape index (κ1) is 24.0. The minimum absolute atomic E-state index is 0.212. The molecule has 40 heavy (non-hydrogen) atoms. The number of nitrogens with zero attached hydrogens (tertiary/aromatic N) is 5. The molecular weight excluding hydrogens is 513 g/mol. The Kier molecular flexibility index (Phi) is 5.95. The molecule has 0 radical (unpaired) electrons. The average molecular weight is 538 g/mol. The fraction of sp³-hybridized carbons (Fsp3) is 0. The molecule has 0 N–H and O–H groups in total. The number of hydrogen-bond acceptors (Lipinski definition) is 4. The lowest BCUT2D eigenvalue weighted by atomic mass is 10.2. The van der Waals surface area contributed by atoms with Crippen LogP contribution >= 0.6 is 7.44 Å². The molecule has 6 nitrogen and oxygen atoms in total. The van der Waals surface area contributed by atoms with E-state index in [4.69, 9.17) is 15.0 Å². The predicted molar refractivity (Wildman–Crippen MR) is 162 cm³/mol. The van der Waals surface area contributed by atoms with E-state index >= 15 is 4.57 Å². The van der Waals surface area contributed by atoms with Gasteiger partial charge >= 0.3 is 7.44 Å². The summed E-state index contributed by atoms with van der Waals surface area (Å²) in [5, 5.41) is 0. The lowest BCUT2D eigenvalue weighted by Crippen LogP contribution is -2.31. The molecule has 7 heteroatoms. The molecule has 0 atom stereocenters. The van der Waals surface area contributed by atoms with Crippen molar-refractivity contribution in [3.05, 3.63) is 146 Å². The Balaban J connectivity index is 1.55. The molecule has 5 aromatic carbocycles. The highest BCUT2D eigenvalue weighted by Crippen LogP contribution is 2.69. The Morgan fingerprint density at radius 1 is 0.425 bits per heavy atom. The van der Waals surface area contributed by atoms with Crippen LogP contribution in [0.4, 0.5) is 22.7 Å².